The number of benzene rings is 7. The van der Waals surface area contributed by atoms with Crippen molar-refractivity contribution in [1.82, 2.24) is 9.97 Å². The summed E-state index contributed by atoms with van der Waals surface area (Å²) in [6.45, 7) is 11.8. The molecular formula is C83H96Br2F6N4O13S4. The number of aryl methyl sites for hydroxylation is 7. The van der Waals surface area contributed by atoms with Gasteiger partial charge in [-0.1, -0.05) is 196 Å². The van der Waals surface area contributed by atoms with Gasteiger partial charge in [0.1, 0.15) is 56.5 Å². The third-order valence-corrected chi connectivity index (χ3v) is 21.9. The van der Waals surface area contributed by atoms with Gasteiger partial charge >= 0.3 is 24.3 Å². The predicted molar refractivity (Wildman–Crippen MR) is 439 cm³/mol. The Morgan fingerprint density at radius 2 is 0.759 bits per heavy atom. The molecule has 0 bridgehead atoms. The first kappa shape index (κ1) is 96.1. The number of sulfone groups is 4. The van der Waals surface area contributed by atoms with E-state index in [1.54, 1.807) is 88.4 Å². The molecule has 112 heavy (non-hydrogen) atoms. The second kappa shape index (κ2) is 45.0. The second-order valence-corrected chi connectivity index (χ2v) is 37.6. The standard InChI is InChI=1S/C27H28F3NO3S.C14H13F3N2.C14H20O4S.C12H16O4S.C9H11BrO2S.C7H8BrN/c1-18-5-4-6-23(17-18)26-22(12-14-25(31-26)27(28,29)30)11-13-24(32)19(2)21-9-7-20(8-10-21)15-16-35(3,33)34;1-9-3-2-4-10(7-9)13-11(8-18)5-6-12(19-13)14(15,16)17;1-4-18-14(15)11(2)13-7-5-12(6-8-13)9-10-19(3,16)17;1-9(12(13)14)11-5-3-10(4-6-11)7-8-17(2,15)16;1-13(11,12)7-6-8-2-4-9(10)5-3-8;8-7-3-1-6(5-9)2-4-7/h4-10,12,14,17,19H,11,13,15-16H2,1-3H3;2-7H,8,18H2,1H3;5-8,11H,4,9-10H2,1-3H3;3-6,9H,7-8H2,1-2H3,(H,13,14);2-5H,6-7H2,1H3;1-4H,5,9H2. The first-order valence-corrected chi connectivity index (χ1v) is 45.1. The maximum absolute atomic E-state index is 13.3. The lowest BCUT2D eigenvalue weighted by Crippen LogP contribution is -2.13. The number of carbonyl (C=O) groups is 3. The summed E-state index contributed by atoms with van der Waals surface area (Å²) in [7, 11) is -11.8. The summed E-state index contributed by atoms with van der Waals surface area (Å²) in [5.74, 6) is -1.86. The Bertz CT molecular complexity index is 5010. The number of carboxylic acids is 1. The Balaban J connectivity index is 0.000000298. The Kier molecular flexibility index (Phi) is 38.6. The van der Waals surface area contributed by atoms with Crippen LogP contribution in [0, 0.1) is 13.8 Å². The largest absolute Gasteiger partial charge is 0.481 e. The van der Waals surface area contributed by atoms with E-state index < -0.39 is 80.9 Å². The smallest absolute Gasteiger partial charge is 0.433 e. The van der Waals surface area contributed by atoms with Crippen LogP contribution in [0.1, 0.15) is 130 Å². The number of carboxylic acid groups (broad SMARTS) is 1. The molecule has 0 aliphatic carbocycles. The summed E-state index contributed by atoms with van der Waals surface area (Å²) in [5.41, 5.74) is 21.2. The number of ether oxygens (including phenoxy) is 1. The highest BCUT2D eigenvalue weighted by Gasteiger charge is 2.34. The number of halogens is 8. The van der Waals surface area contributed by atoms with Crippen LogP contribution in [0.2, 0.25) is 0 Å². The number of Topliss-reactive ketones (excluding diaryl/α,β-unsaturated/α-hetero) is 1. The number of hydrogen-bond donors (Lipinski definition) is 3. The fourth-order valence-corrected chi connectivity index (χ4v) is 13.3. The Labute approximate surface area is 671 Å². The van der Waals surface area contributed by atoms with Gasteiger partial charge in [-0.3, -0.25) is 14.4 Å². The minimum atomic E-state index is -4.56. The number of aliphatic carboxylic acids is 1. The molecule has 2 heterocycles. The molecule has 0 fully saturated rings. The zero-order chi connectivity index (χ0) is 84.0. The minimum Gasteiger partial charge on any atom is -0.481 e. The van der Waals surface area contributed by atoms with Crippen LogP contribution in [0.4, 0.5) is 26.3 Å². The number of rotatable bonds is 26. The second-order valence-electron chi connectivity index (χ2n) is 26.8. The van der Waals surface area contributed by atoms with E-state index in [9.17, 15) is 74.4 Å². The number of alkyl halides is 6. The van der Waals surface area contributed by atoms with Crippen molar-refractivity contribution in [3.05, 3.63) is 281 Å². The van der Waals surface area contributed by atoms with Gasteiger partial charge in [0.25, 0.3) is 0 Å². The van der Waals surface area contributed by atoms with E-state index in [0.717, 1.165) is 71.1 Å². The quantitative estimate of drug-likeness (QED) is 0.0335. The number of carbonyl (C=O) groups excluding carboxylic acids is 2. The van der Waals surface area contributed by atoms with E-state index >= 15 is 0 Å². The lowest BCUT2D eigenvalue weighted by atomic mass is 9.91. The van der Waals surface area contributed by atoms with Crippen LogP contribution in [0.15, 0.2) is 203 Å². The van der Waals surface area contributed by atoms with Crippen LogP contribution >= 0.6 is 31.9 Å². The summed E-state index contributed by atoms with van der Waals surface area (Å²) in [4.78, 5) is 42.9. The van der Waals surface area contributed by atoms with E-state index in [1.165, 1.54) is 42.7 Å². The summed E-state index contributed by atoms with van der Waals surface area (Å²) in [6, 6.07) is 56.4. The van der Waals surface area contributed by atoms with Crippen molar-refractivity contribution in [2.75, 3.05) is 54.6 Å². The minimum absolute atomic E-state index is 0.0380. The van der Waals surface area contributed by atoms with Crippen molar-refractivity contribution in [1.29, 1.82) is 0 Å². The van der Waals surface area contributed by atoms with Crippen molar-refractivity contribution in [3.8, 4) is 22.5 Å². The third-order valence-electron chi connectivity index (χ3n) is 17.0. The van der Waals surface area contributed by atoms with Gasteiger partial charge in [-0.15, -0.1) is 0 Å². The van der Waals surface area contributed by atoms with Gasteiger partial charge in [0.2, 0.25) is 0 Å². The molecule has 0 aliphatic heterocycles. The summed E-state index contributed by atoms with van der Waals surface area (Å²) in [5, 5.41) is 8.84. The number of nitrogens with zero attached hydrogens (tertiary/aromatic N) is 2. The van der Waals surface area contributed by atoms with E-state index in [-0.39, 0.29) is 65.8 Å². The summed E-state index contributed by atoms with van der Waals surface area (Å²) >= 11 is 6.65. The molecule has 3 atom stereocenters. The van der Waals surface area contributed by atoms with Crippen molar-refractivity contribution >= 4 is 88.9 Å². The monoisotopic (exact) mass is 1760 g/mol. The van der Waals surface area contributed by atoms with E-state index in [4.69, 9.17) is 21.3 Å². The number of hydrogen-bond acceptors (Lipinski definition) is 16. The maximum Gasteiger partial charge on any atom is 0.433 e. The molecule has 606 valence electrons. The first-order valence-electron chi connectivity index (χ1n) is 35.2. The predicted octanol–water partition coefficient (Wildman–Crippen LogP) is 16.8. The normalized spacial score (nSPS) is 12.4. The van der Waals surface area contributed by atoms with Crippen LogP contribution in [-0.4, -0.2) is 121 Å². The number of esters is 1. The molecule has 0 spiro atoms. The van der Waals surface area contributed by atoms with E-state index in [2.05, 4.69) is 41.8 Å². The Hall–Kier alpha value is -8.29. The van der Waals surface area contributed by atoms with Gasteiger partial charge in [-0.25, -0.2) is 43.6 Å². The van der Waals surface area contributed by atoms with Gasteiger partial charge in [-0.05, 0) is 171 Å². The lowest BCUT2D eigenvalue weighted by Gasteiger charge is -2.15. The zero-order valence-electron chi connectivity index (χ0n) is 64.0. The number of aromatic nitrogens is 2. The molecule has 17 nitrogen and oxygen atoms in total. The molecular weight excluding hydrogens is 1660 g/mol. The fourth-order valence-electron chi connectivity index (χ4n) is 10.4. The molecule has 0 saturated heterocycles. The molecule has 0 aliphatic rings. The molecule has 0 amide bonds. The number of pyridine rings is 2. The molecule has 9 aromatic rings. The average molecular weight is 1760 g/mol. The number of ketones is 1. The Morgan fingerprint density at radius 1 is 0.438 bits per heavy atom. The topological polar surface area (TPSA) is 295 Å². The maximum atomic E-state index is 13.3. The van der Waals surface area contributed by atoms with E-state index in [1.807, 2.05) is 123 Å². The molecule has 29 heteroatoms. The molecule has 3 unspecified atom stereocenters. The van der Waals surface area contributed by atoms with Gasteiger partial charge in [0, 0.05) is 70.5 Å². The first-order chi connectivity index (χ1) is 52.2. The zero-order valence-corrected chi connectivity index (χ0v) is 70.4. The van der Waals surface area contributed by atoms with Crippen LogP contribution in [-0.2, 0) is 116 Å². The van der Waals surface area contributed by atoms with Crippen LogP contribution in [0.5, 0.6) is 0 Å². The fraction of sp³-hybridized carbons (Fsp3) is 0.337. The van der Waals surface area contributed by atoms with Crippen molar-refractivity contribution < 1.29 is 84.2 Å². The highest BCUT2D eigenvalue weighted by Crippen LogP contribution is 2.34. The summed E-state index contributed by atoms with van der Waals surface area (Å²) in [6.07, 6.45) is -1.76. The highest BCUT2D eigenvalue weighted by molar-refractivity contribution is 9.10. The molecule has 0 radical (unpaired) electrons. The molecule has 2 aromatic heterocycles. The SMILES string of the molecule is CC(C(=O)O)c1ccc(CCS(C)(=O)=O)cc1.CCOC(=O)C(C)c1ccc(CCS(C)(=O)=O)cc1.CS(=O)(=O)CCc1ccc(Br)cc1.Cc1cccc(-c2nc(C(F)(F)F)ccc2CCC(=O)C(C)c2ccc(CCS(C)(=O)=O)cc2)c1.Cc1cccc(-c2nc(C(F)(F)F)ccc2CN)c1.NCc1ccc(Br)cc1. The average Bonchev–Trinajstić information content (AvgIpc) is 0.799. The molecule has 0 saturated carbocycles. The van der Waals surface area contributed by atoms with Crippen LogP contribution in [0.25, 0.3) is 22.5 Å². The van der Waals surface area contributed by atoms with Crippen LogP contribution < -0.4 is 11.5 Å². The lowest BCUT2D eigenvalue weighted by molar-refractivity contribution is -0.144. The third kappa shape index (κ3) is 36.7. The van der Waals surface area contributed by atoms with Crippen molar-refractivity contribution in [2.45, 2.75) is 123 Å². The number of nitrogens with two attached hydrogens (primary N) is 2. The molecule has 5 N–H and O–H groups in total. The van der Waals surface area contributed by atoms with Gasteiger partial charge in [0.05, 0.1) is 52.8 Å². The summed E-state index contributed by atoms with van der Waals surface area (Å²) < 4.78 is 174. The van der Waals surface area contributed by atoms with Crippen molar-refractivity contribution in [2.24, 2.45) is 11.5 Å². The van der Waals surface area contributed by atoms with Gasteiger partial charge in [-0.2, -0.15) is 26.3 Å². The van der Waals surface area contributed by atoms with Crippen molar-refractivity contribution in [3.63, 3.8) is 0 Å². The molecule has 9 rings (SSSR count). The van der Waals surface area contributed by atoms with Gasteiger partial charge < -0.3 is 21.3 Å². The van der Waals surface area contributed by atoms with Crippen LogP contribution in [0.3, 0.4) is 0 Å². The van der Waals surface area contributed by atoms with E-state index in [0.29, 0.717) is 66.8 Å². The molecule has 7 aromatic carbocycles. The van der Waals surface area contributed by atoms with Gasteiger partial charge in [0.15, 0.2) is 0 Å². The highest BCUT2D eigenvalue weighted by atomic mass is 79.9. The Morgan fingerprint density at radius 3 is 1.07 bits per heavy atom.